The molecular weight excluding hydrogens is 280 g/mol. The Morgan fingerprint density at radius 3 is 2.76 bits per heavy atom. The van der Waals surface area contributed by atoms with Gasteiger partial charge in [0.15, 0.2) is 0 Å². The zero-order valence-corrected chi connectivity index (χ0v) is 12.6. The summed E-state index contributed by atoms with van der Waals surface area (Å²) in [4.78, 5) is 13.4. The van der Waals surface area contributed by atoms with Crippen molar-refractivity contribution < 1.29 is 0 Å². The zero-order chi connectivity index (χ0) is 14.5. The number of benzene rings is 1. The number of para-hydroxylation sites is 1. The van der Waals surface area contributed by atoms with E-state index in [0.29, 0.717) is 6.54 Å². The summed E-state index contributed by atoms with van der Waals surface area (Å²) in [6.07, 6.45) is 1.04. The van der Waals surface area contributed by atoms with Crippen molar-refractivity contribution in [1.29, 1.82) is 0 Å². The van der Waals surface area contributed by atoms with Crippen molar-refractivity contribution in [2.24, 2.45) is 0 Å². The highest BCUT2D eigenvalue weighted by molar-refractivity contribution is 7.09. The van der Waals surface area contributed by atoms with Gasteiger partial charge in [0.1, 0.15) is 0 Å². The first kappa shape index (κ1) is 14.0. The Kier molecular flexibility index (Phi) is 4.48. The van der Waals surface area contributed by atoms with Crippen LogP contribution >= 0.6 is 11.3 Å². The largest absolute Gasteiger partial charge is 0.315 e. The summed E-state index contributed by atoms with van der Waals surface area (Å²) < 4.78 is 1.84. The molecule has 0 amide bonds. The third kappa shape index (κ3) is 3.40. The number of hydrogen-bond acceptors (Lipinski definition) is 3. The van der Waals surface area contributed by atoms with Gasteiger partial charge in [0.25, 0.3) is 5.56 Å². The summed E-state index contributed by atoms with van der Waals surface area (Å²) in [7, 11) is 0. The van der Waals surface area contributed by atoms with E-state index in [1.54, 1.807) is 17.4 Å². The molecule has 4 heteroatoms. The molecule has 0 atom stereocenters. The van der Waals surface area contributed by atoms with Crippen molar-refractivity contribution in [1.82, 2.24) is 9.88 Å². The van der Waals surface area contributed by atoms with Crippen LogP contribution in [-0.4, -0.2) is 17.7 Å². The van der Waals surface area contributed by atoms with Crippen molar-refractivity contribution in [2.45, 2.75) is 13.0 Å². The molecule has 0 fully saturated rings. The van der Waals surface area contributed by atoms with E-state index in [4.69, 9.17) is 0 Å². The van der Waals surface area contributed by atoms with Crippen molar-refractivity contribution in [2.75, 3.05) is 13.1 Å². The van der Waals surface area contributed by atoms with E-state index >= 15 is 0 Å². The fourth-order valence-electron chi connectivity index (χ4n) is 2.46. The first-order chi connectivity index (χ1) is 10.3. The summed E-state index contributed by atoms with van der Waals surface area (Å²) in [5, 5.41) is 6.62. The van der Waals surface area contributed by atoms with Crippen LogP contribution in [0.15, 0.2) is 58.7 Å². The molecule has 3 rings (SSSR count). The normalized spacial score (nSPS) is 11.0. The summed E-state index contributed by atoms with van der Waals surface area (Å²) in [5.74, 6) is 0. The van der Waals surface area contributed by atoms with Crippen LogP contribution < -0.4 is 10.9 Å². The quantitative estimate of drug-likeness (QED) is 0.710. The Morgan fingerprint density at radius 2 is 1.90 bits per heavy atom. The van der Waals surface area contributed by atoms with Gasteiger partial charge in [-0.3, -0.25) is 4.79 Å². The van der Waals surface area contributed by atoms with E-state index in [-0.39, 0.29) is 5.56 Å². The number of hydrogen-bond donors (Lipinski definition) is 1. The molecule has 0 aliphatic carbocycles. The highest BCUT2D eigenvalue weighted by atomic mass is 32.1. The lowest BCUT2D eigenvalue weighted by Crippen LogP contribution is -2.27. The van der Waals surface area contributed by atoms with Gasteiger partial charge in [0.2, 0.25) is 0 Å². The molecule has 0 radical (unpaired) electrons. The van der Waals surface area contributed by atoms with Gasteiger partial charge in [0.05, 0.1) is 5.52 Å². The fraction of sp³-hybridized carbons (Fsp3) is 0.235. The van der Waals surface area contributed by atoms with Crippen LogP contribution in [0.3, 0.4) is 0 Å². The average Bonchev–Trinajstić information content (AvgIpc) is 3.02. The fourth-order valence-corrected chi connectivity index (χ4v) is 3.17. The predicted octanol–water partition coefficient (Wildman–Crippen LogP) is 2.90. The first-order valence-corrected chi connectivity index (χ1v) is 8.04. The summed E-state index contributed by atoms with van der Waals surface area (Å²) >= 11 is 1.79. The van der Waals surface area contributed by atoms with Gasteiger partial charge in [-0.1, -0.05) is 24.3 Å². The molecule has 0 unspecified atom stereocenters. The van der Waals surface area contributed by atoms with Gasteiger partial charge in [-0.05, 0) is 35.4 Å². The van der Waals surface area contributed by atoms with Crippen LogP contribution in [-0.2, 0) is 13.0 Å². The summed E-state index contributed by atoms with van der Waals surface area (Å²) in [6, 6.07) is 15.8. The molecule has 108 valence electrons. The number of aromatic nitrogens is 1. The molecule has 0 aliphatic rings. The standard InChI is InChI=1S/C17H18N2OS/c20-17-8-7-14-4-1-2-6-16(14)19(17)12-11-18-10-9-15-5-3-13-21-15/h1-8,13,18H,9-12H2. The molecule has 3 aromatic rings. The van der Waals surface area contributed by atoms with E-state index in [9.17, 15) is 4.79 Å². The number of nitrogens with zero attached hydrogens (tertiary/aromatic N) is 1. The lowest BCUT2D eigenvalue weighted by Gasteiger charge is -2.10. The molecule has 1 aromatic carbocycles. The molecule has 0 bridgehead atoms. The average molecular weight is 298 g/mol. The maximum absolute atomic E-state index is 12.0. The Morgan fingerprint density at radius 1 is 1.00 bits per heavy atom. The lowest BCUT2D eigenvalue weighted by atomic mass is 10.2. The second kappa shape index (κ2) is 6.70. The number of fused-ring (bicyclic) bond motifs is 1. The van der Waals surface area contributed by atoms with Crippen molar-refractivity contribution >= 4 is 22.2 Å². The minimum Gasteiger partial charge on any atom is -0.315 e. The summed E-state index contributed by atoms with van der Waals surface area (Å²) in [5.41, 5.74) is 1.07. The molecule has 1 N–H and O–H groups in total. The number of rotatable bonds is 6. The maximum Gasteiger partial charge on any atom is 0.251 e. The van der Waals surface area contributed by atoms with E-state index in [1.807, 2.05) is 34.9 Å². The Labute approximate surface area is 127 Å². The molecule has 2 aromatic heterocycles. The second-order valence-corrected chi connectivity index (χ2v) is 5.99. The van der Waals surface area contributed by atoms with E-state index in [2.05, 4.69) is 22.8 Å². The number of thiophene rings is 1. The maximum atomic E-state index is 12.0. The summed E-state index contributed by atoms with van der Waals surface area (Å²) in [6.45, 7) is 2.45. The van der Waals surface area contributed by atoms with Crippen molar-refractivity contribution in [3.63, 3.8) is 0 Å². The smallest absolute Gasteiger partial charge is 0.251 e. The van der Waals surface area contributed by atoms with Crippen LogP contribution in [0.25, 0.3) is 10.9 Å². The molecule has 0 saturated carbocycles. The minimum absolute atomic E-state index is 0.0637. The van der Waals surface area contributed by atoms with Gasteiger partial charge < -0.3 is 9.88 Å². The molecular formula is C17H18N2OS. The third-order valence-corrected chi connectivity index (χ3v) is 4.48. The topological polar surface area (TPSA) is 34.0 Å². The van der Waals surface area contributed by atoms with Crippen molar-refractivity contribution in [3.05, 3.63) is 69.1 Å². The van der Waals surface area contributed by atoms with Crippen LogP contribution in [0.2, 0.25) is 0 Å². The zero-order valence-electron chi connectivity index (χ0n) is 11.8. The molecule has 21 heavy (non-hydrogen) atoms. The van der Waals surface area contributed by atoms with Gasteiger partial charge in [-0.2, -0.15) is 0 Å². The lowest BCUT2D eigenvalue weighted by molar-refractivity contribution is 0.600. The van der Waals surface area contributed by atoms with Crippen LogP contribution in [0.4, 0.5) is 0 Å². The van der Waals surface area contributed by atoms with Crippen molar-refractivity contribution in [3.8, 4) is 0 Å². The van der Waals surface area contributed by atoms with Gasteiger partial charge in [-0.15, -0.1) is 11.3 Å². The second-order valence-electron chi connectivity index (χ2n) is 4.96. The predicted molar refractivity (Wildman–Crippen MR) is 89.1 cm³/mol. The van der Waals surface area contributed by atoms with Gasteiger partial charge in [-0.25, -0.2) is 0 Å². The number of pyridine rings is 1. The van der Waals surface area contributed by atoms with E-state index < -0.39 is 0 Å². The van der Waals surface area contributed by atoms with E-state index in [0.717, 1.165) is 30.4 Å². The SMILES string of the molecule is O=c1ccc2ccccc2n1CCNCCc1cccs1. The molecule has 0 aliphatic heterocycles. The number of nitrogens with one attached hydrogen (secondary N) is 1. The molecule has 3 nitrogen and oxygen atoms in total. The molecule has 2 heterocycles. The minimum atomic E-state index is 0.0637. The monoisotopic (exact) mass is 298 g/mol. The van der Waals surface area contributed by atoms with Crippen LogP contribution in [0.1, 0.15) is 4.88 Å². The first-order valence-electron chi connectivity index (χ1n) is 7.16. The van der Waals surface area contributed by atoms with E-state index in [1.165, 1.54) is 4.88 Å². The Balaban J connectivity index is 1.60. The van der Waals surface area contributed by atoms with Gasteiger partial charge in [0, 0.05) is 30.6 Å². The van der Waals surface area contributed by atoms with Gasteiger partial charge >= 0.3 is 0 Å². The third-order valence-electron chi connectivity index (χ3n) is 3.54. The van der Waals surface area contributed by atoms with Crippen LogP contribution in [0, 0.1) is 0 Å². The highest BCUT2D eigenvalue weighted by Crippen LogP contribution is 2.10. The van der Waals surface area contributed by atoms with Crippen LogP contribution in [0.5, 0.6) is 0 Å². The highest BCUT2D eigenvalue weighted by Gasteiger charge is 2.01. The Bertz CT molecular complexity index is 762. The Hall–Kier alpha value is -1.91. The molecule has 0 spiro atoms. The molecule has 0 saturated heterocycles.